The Morgan fingerprint density at radius 1 is 1.12 bits per heavy atom. The summed E-state index contributed by atoms with van der Waals surface area (Å²) in [4.78, 5) is 14.2. The van der Waals surface area contributed by atoms with Crippen LogP contribution in [0, 0.1) is 5.92 Å². The minimum Gasteiger partial charge on any atom is -0.494 e. The van der Waals surface area contributed by atoms with Gasteiger partial charge in [-0.3, -0.25) is 4.79 Å². The Morgan fingerprint density at radius 2 is 1.80 bits per heavy atom. The summed E-state index contributed by atoms with van der Waals surface area (Å²) in [6, 6.07) is 8.37. The van der Waals surface area contributed by atoms with Crippen LogP contribution in [0.3, 0.4) is 0 Å². The van der Waals surface area contributed by atoms with Crippen molar-refractivity contribution >= 4 is 18.4 Å². The van der Waals surface area contributed by atoms with E-state index in [0.717, 1.165) is 64.1 Å². The second-order valence-corrected chi connectivity index (χ2v) is 6.42. The number of halogens is 1. The molecule has 1 aromatic rings. The van der Waals surface area contributed by atoms with Crippen LogP contribution < -0.4 is 4.74 Å². The number of esters is 1. The molecular weight excluding hydrogens is 338 g/mol. The molecule has 4 nitrogen and oxygen atoms in total. The van der Waals surface area contributed by atoms with Crippen LogP contribution in [0.1, 0.15) is 45.1 Å². The first-order valence-electron chi connectivity index (χ1n) is 9.33. The zero-order valence-electron chi connectivity index (χ0n) is 15.5. The molecular formula is C20H32ClNO3. The molecule has 1 heterocycles. The molecule has 0 aliphatic carbocycles. The van der Waals surface area contributed by atoms with Crippen molar-refractivity contribution in [3.05, 3.63) is 29.8 Å². The van der Waals surface area contributed by atoms with Crippen molar-refractivity contribution in [1.29, 1.82) is 0 Å². The molecule has 1 aliphatic heterocycles. The van der Waals surface area contributed by atoms with E-state index in [4.69, 9.17) is 9.47 Å². The van der Waals surface area contributed by atoms with Crippen molar-refractivity contribution in [2.24, 2.45) is 5.92 Å². The van der Waals surface area contributed by atoms with Gasteiger partial charge in [-0.15, -0.1) is 12.4 Å². The molecule has 142 valence electrons. The predicted molar refractivity (Wildman–Crippen MR) is 104 cm³/mol. The number of carbonyl (C=O) groups excluding carboxylic acids is 1. The molecule has 0 saturated carbocycles. The lowest BCUT2D eigenvalue weighted by molar-refractivity contribution is -0.149. The predicted octanol–water partition coefficient (Wildman–Crippen LogP) is 4.10. The lowest BCUT2D eigenvalue weighted by atomic mass is 9.97. The number of nitrogens with zero attached hydrogens (tertiary/aromatic N) is 1. The van der Waals surface area contributed by atoms with Crippen LogP contribution in [0.2, 0.25) is 0 Å². The molecule has 0 unspecified atom stereocenters. The maximum atomic E-state index is 11.7. The summed E-state index contributed by atoms with van der Waals surface area (Å²) in [6.45, 7) is 8.38. The number of hydrogen-bond acceptors (Lipinski definition) is 4. The first-order chi connectivity index (χ1) is 11.7. The average Bonchev–Trinajstić information content (AvgIpc) is 2.62. The van der Waals surface area contributed by atoms with E-state index in [1.54, 1.807) is 0 Å². The van der Waals surface area contributed by atoms with E-state index in [0.29, 0.717) is 6.61 Å². The zero-order valence-corrected chi connectivity index (χ0v) is 16.4. The van der Waals surface area contributed by atoms with Crippen LogP contribution in [0.15, 0.2) is 24.3 Å². The summed E-state index contributed by atoms with van der Waals surface area (Å²) >= 11 is 0. The number of benzene rings is 1. The molecule has 5 heteroatoms. The second-order valence-electron chi connectivity index (χ2n) is 6.42. The number of unbranched alkanes of at least 4 members (excludes halogenated alkanes) is 1. The fourth-order valence-corrected chi connectivity index (χ4v) is 3.10. The van der Waals surface area contributed by atoms with Gasteiger partial charge in [0.15, 0.2) is 0 Å². The van der Waals surface area contributed by atoms with E-state index in [-0.39, 0.29) is 24.3 Å². The molecule has 0 atom stereocenters. The van der Waals surface area contributed by atoms with Gasteiger partial charge in [-0.25, -0.2) is 0 Å². The van der Waals surface area contributed by atoms with E-state index in [2.05, 4.69) is 36.1 Å². The Labute approximate surface area is 158 Å². The Hall–Kier alpha value is -1.26. The quantitative estimate of drug-likeness (QED) is 0.485. The largest absolute Gasteiger partial charge is 0.494 e. The van der Waals surface area contributed by atoms with E-state index in [1.165, 1.54) is 5.56 Å². The number of hydrogen-bond donors (Lipinski definition) is 0. The summed E-state index contributed by atoms with van der Waals surface area (Å²) in [5.41, 5.74) is 1.34. The number of piperidine rings is 1. The van der Waals surface area contributed by atoms with E-state index >= 15 is 0 Å². The summed E-state index contributed by atoms with van der Waals surface area (Å²) in [5, 5.41) is 0. The van der Waals surface area contributed by atoms with Gasteiger partial charge in [0.2, 0.25) is 0 Å². The summed E-state index contributed by atoms with van der Waals surface area (Å²) in [5.74, 6) is 1.05. The van der Waals surface area contributed by atoms with Gasteiger partial charge in [-0.1, -0.05) is 19.1 Å². The second kappa shape index (κ2) is 12.2. The van der Waals surface area contributed by atoms with Gasteiger partial charge in [0, 0.05) is 0 Å². The first kappa shape index (κ1) is 21.8. The molecule has 1 saturated heterocycles. The molecule has 2 rings (SSSR count). The molecule has 1 aromatic carbocycles. The SMILES string of the molecule is CCOC(=O)C1CCN(CCCCOc2ccc(CC)cc2)CC1.Cl. The highest BCUT2D eigenvalue weighted by Gasteiger charge is 2.25. The number of ether oxygens (including phenoxy) is 2. The normalized spacial score (nSPS) is 15.4. The van der Waals surface area contributed by atoms with Crippen molar-refractivity contribution in [2.75, 3.05) is 32.8 Å². The van der Waals surface area contributed by atoms with Gasteiger partial charge < -0.3 is 14.4 Å². The molecule has 0 bridgehead atoms. The maximum Gasteiger partial charge on any atom is 0.309 e. The number of aryl methyl sites for hydroxylation is 1. The molecule has 0 radical (unpaired) electrons. The molecule has 0 aromatic heterocycles. The fraction of sp³-hybridized carbons (Fsp3) is 0.650. The highest BCUT2D eigenvalue weighted by Crippen LogP contribution is 2.19. The minimum absolute atomic E-state index is 0. The van der Waals surface area contributed by atoms with Gasteiger partial charge in [-0.05, 0) is 76.4 Å². The number of carbonyl (C=O) groups is 1. The minimum atomic E-state index is -0.0142. The van der Waals surface area contributed by atoms with E-state index < -0.39 is 0 Å². The van der Waals surface area contributed by atoms with Crippen LogP contribution >= 0.6 is 12.4 Å². The van der Waals surface area contributed by atoms with Crippen molar-refractivity contribution in [1.82, 2.24) is 4.90 Å². The van der Waals surface area contributed by atoms with Crippen molar-refractivity contribution in [2.45, 2.75) is 46.0 Å². The Balaban J connectivity index is 0.00000312. The van der Waals surface area contributed by atoms with Crippen LogP contribution in [0.5, 0.6) is 5.75 Å². The van der Waals surface area contributed by atoms with Gasteiger partial charge >= 0.3 is 5.97 Å². The topological polar surface area (TPSA) is 38.8 Å². The number of likely N-dealkylation sites (tertiary alicyclic amines) is 1. The highest BCUT2D eigenvalue weighted by molar-refractivity contribution is 5.85. The van der Waals surface area contributed by atoms with Gasteiger partial charge in [-0.2, -0.15) is 0 Å². The lowest BCUT2D eigenvalue weighted by Gasteiger charge is -2.30. The third kappa shape index (κ3) is 7.66. The van der Waals surface area contributed by atoms with Gasteiger partial charge in [0.1, 0.15) is 5.75 Å². The number of rotatable bonds is 9. The average molecular weight is 370 g/mol. The third-order valence-electron chi connectivity index (χ3n) is 4.68. The van der Waals surface area contributed by atoms with E-state index in [1.807, 2.05) is 6.92 Å². The van der Waals surface area contributed by atoms with Crippen molar-refractivity contribution in [3.8, 4) is 5.75 Å². The van der Waals surface area contributed by atoms with Crippen molar-refractivity contribution in [3.63, 3.8) is 0 Å². The van der Waals surface area contributed by atoms with E-state index in [9.17, 15) is 4.79 Å². The monoisotopic (exact) mass is 369 g/mol. The molecule has 1 aliphatic rings. The van der Waals surface area contributed by atoms with Crippen LogP contribution in [-0.2, 0) is 16.0 Å². The zero-order chi connectivity index (χ0) is 17.2. The summed E-state index contributed by atoms with van der Waals surface area (Å²) in [7, 11) is 0. The first-order valence-corrected chi connectivity index (χ1v) is 9.33. The Kier molecular flexibility index (Phi) is 10.6. The van der Waals surface area contributed by atoms with Crippen LogP contribution in [-0.4, -0.2) is 43.7 Å². The fourth-order valence-electron chi connectivity index (χ4n) is 3.10. The van der Waals surface area contributed by atoms with Crippen LogP contribution in [0.4, 0.5) is 0 Å². The highest BCUT2D eigenvalue weighted by atomic mass is 35.5. The van der Waals surface area contributed by atoms with Crippen molar-refractivity contribution < 1.29 is 14.3 Å². The van der Waals surface area contributed by atoms with Gasteiger partial charge in [0.25, 0.3) is 0 Å². The molecule has 0 N–H and O–H groups in total. The smallest absolute Gasteiger partial charge is 0.309 e. The van der Waals surface area contributed by atoms with Gasteiger partial charge in [0.05, 0.1) is 19.1 Å². The Bertz CT molecular complexity index is 484. The maximum absolute atomic E-state index is 11.7. The standard InChI is InChI=1S/C20H31NO3.ClH/c1-3-17-7-9-19(10-8-17)24-16-6-5-13-21-14-11-18(12-15-21)20(22)23-4-2;/h7-10,18H,3-6,11-16H2,1-2H3;1H. The third-order valence-corrected chi connectivity index (χ3v) is 4.68. The summed E-state index contributed by atoms with van der Waals surface area (Å²) < 4.78 is 10.9. The Morgan fingerprint density at radius 3 is 2.40 bits per heavy atom. The van der Waals surface area contributed by atoms with Crippen LogP contribution in [0.25, 0.3) is 0 Å². The molecule has 0 spiro atoms. The lowest BCUT2D eigenvalue weighted by Crippen LogP contribution is -2.37. The summed E-state index contributed by atoms with van der Waals surface area (Å²) in [6.07, 6.45) is 5.12. The molecule has 25 heavy (non-hydrogen) atoms. The molecule has 1 fully saturated rings. The molecule has 0 amide bonds.